The van der Waals surface area contributed by atoms with Gasteiger partial charge in [-0.2, -0.15) is 4.58 Å². The van der Waals surface area contributed by atoms with Crippen LogP contribution in [0.5, 0.6) is 0 Å². The molecule has 0 spiro atoms. The Morgan fingerprint density at radius 2 is 1.89 bits per heavy atom. The predicted octanol–water partition coefficient (Wildman–Crippen LogP) is 3.12. The lowest BCUT2D eigenvalue weighted by atomic mass is 10.0. The van der Waals surface area contributed by atoms with Crippen LogP contribution in [-0.2, 0) is 20.7 Å². The standard InChI is InChI=1S/C29H28FN4O3/c1-18(2)22-15-24(20-8-10-21(30)11-9-20)34-16-23(31-27(22)34)28(35)32-12-13-33-26(17-32)37-25(29(33)36)14-19-6-4-3-5-7-19/h3-11,15-16,18,25-26H,12-14,17H2,1-2H3/q+1. The molecule has 0 aromatic heterocycles. The summed E-state index contributed by atoms with van der Waals surface area (Å²) in [5, 5.41) is 0. The van der Waals surface area contributed by atoms with Gasteiger partial charge in [0.1, 0.15) is 17.6 Å². The van der Waals surface area contributed by atoms with E-state index in [9.17, 15) is 14.0 Å². The number of hydrogen-bond acceptors (Lipinski definition) is 4. The average molecular weight is 500 g/mol. The Kier molecular flexibility index (Phi) is 5.83. The monoisotopic (exact) mass is 499 g/mol. The molecule has 2 unspecified atom stereocenters. The molecule has 0 radical (unpaired) electrons. The molecule has 37 heavy (non-hydrogen) atoms. The first-order chi connectivity index (χ1) is 17.9. The third-order valence-electron chi connectivity index (χ3n) is 7.26. The second-order valence-corrected chi connectivity index (χ2v) is 10.0. The molecule has 2 fully saturated rings. The van der Waals surface area contributed by atoms with Crippen molar-refractivity contribution < 1.29 is 23.3 Å². The van der Waals surface area contributed by atoms with E-state index in [1.165, 1.54) is 12.1 Å². The predicted molar refractivity (Wildman–Crippen MR) is 136 cm³/mol. The van der Waals surface area contributed by atoms with E-state index < -0.39 is 12.3 Å². The lowest BCUT2D eigenvalue weighted by molar-refractivity contribution is -0.315. The van der Waals surface area contributed by atoms with Gasteiger partial charge in [0.2, 0.25) is 0 Å². The largest absolute Gasteiger partial charge is 0.343 e. The van der Waals surface area contributed by atoms with Gasteiger partial charge < -0.3 is 14.5 Å². The van der Waals surface area contributed by atoms with Crippen LogP contribution in [0.15, 0.2) is 83.1 Å². The summed E-state index contributed by atoms with van der Waals surface area (Å²) in [6.07, 6.45) is 3.33. The summed E-state index contributed by atoms with van der Waals surface area (Å²) >= 11 is 0. The van der Waals surface area contributed by atoms with Crippen molar-refractivity contribution in [3.8, 4) is 0 Å². The highest BCUT2D eigenvalue weighted by Crippen LogP contribution is 2.29. The Morgan fingerprint density at radius 3 is 2.62 bits per heavy atom. The van der Waals surface area contributed by atoms with Gasteiger partial charge in [-0.05, 0) is 46.8 Å². The number of carbonyl (C=O) groups is 2. The molecular weight excluding hydrogens is 471 g/mol. The maximum atomic E-state index is 13.5. The number of fused-ring (bicyclic) bond motifs is 2. The van der Waals surface area contributed by atoms with Gasteiger partial charge in [-0.25, -0.2) is 4.39 Å². The Labute approximate surface area is 214 Å². The number of hydrogen-bond donors (Lipinski definition) is 0. The number of benzene rings is 2. The number of nitrogens with zero attached hydrogens (tertiary/aromatic N) is 4. The van der Waals surface area contributed by atoms with Crippen molar-refractivity contribution in [3.63, 3.8) is 0 Å². The van der Waals surface area contributed by atoms with Gasteiger partial charge in [-0.1, -0.05) is 44.2 Å². The summed E-state index contributed by atoms with van der Waals surface area (Å²) in [7, 11) is 0. The van der Waals surface area contributed by atoms with Gasteiger partial charge in [0, 0.05) is 25.1 Å². The summed E-state index contributed by atoms with van der Waals surface area (Å²) in [6.45, 7) is 5.32. The summed E-state index contributed by atoms with van der Waals surface area (Å²) in [5.41, 5.74) is 4.13. The van der Waals surface area contributed by atoms with E-state index in [2.05, 4.69) is 19.9 Å². The van der Waals surface area contributed by atoms with E-state index in [0.29, 0.717) is 31.8 Å². The SMILES string of the molecule is CC(C)C1=CC(c2ccc(F)cc2)=[N+]2C=C(C(=O)N3CCN4C(=O)C(Cc5ccccc5)OC4C3)N=C12. The molecule has 7 nitrogen and oxygen atoms in total. The number of carbonyl (C=O) groups excluding carboxylic acids is 2. The van der Waals surface area contributed by atoms with Crippen LogP contribution in [-0.4, -0.2) is 69.7 Å². The quantitative estimate of drug-likeness (QED) is 0.594. The number of aliphatic imine (C=N–C) groups is 1. The molecule has 0 saturated carbocycles. The molecule has 4 aliphatic rings. The summed E-state index contributed by atoms with van der Waals surface area (Å²) in [5.74, 6) is 0.421. The Morgan fingerprint density at radius 1 is 1.14 bits per heavy atom. The third-order valence-corrected chi connectivity index (χ3v) is 7.26. The Hall–Kier alpha value is -3.91. The number of rotatable bonds is 5. The minimum absolute atomic E-state index is 0.0211. The molecule has 4 aliphatic heterocycles. The van der Waals surface area contributed by atoms with E-state index in [-0.39, 0.29) is 23.5 Å². The van der Waals surface area contributed by atoms with E-state index in [0.717, 1.165) is 28.2 Å². The Balaban J connectivity index is 1.21. The zero-order valence-electron chi connectivity index (χ0n) is 20.8. The highest BCUT2D eigenvalue weighted by Gasteiger charge is 2.46. The van der Waals surface area contributed by atoms with Crippen LogP contribution in [0.25, 0.3) is 0 Å². The smallest absolute Gasteiger partial charge is 0.332 e. The number of amidine groups is 1. The molecule has 188 valence electrons. The molecule has 0 bridgehead atoms. The highest BCUT2D eigenvalue weighted by atomic mass is 19.1. The zero-order valence-corrected chi connectivity index (χ0v) is 20.8. The molecular formula is C29H28FN4O3+. The number of halogens is 1. The molecule has 2 aromatic rings. The molecule has 0 aliphatic carbocycles. The molecule has 2 saturated heterocycles. The van der Waals surface area contributed by atoms with Crippen LogP contribution >= 0.6 is 0 Å². The fraction of sp³-hybridized carbons (Fsp3) is 0.310. The summed E-state index contributed by atoms with van der Waals surface area (Å²) < 4.78 is 21.5. The minimum Gasteiger partial charge on any atom is -0.343 e. The molecule has 2 amide bonds. The number of amides is 2. The van der Waals surface area contributed by atoms with Crippen LogP contribution in [0, 0.1) is 11.7 Å². The molecule has 6 rings (SSSR count). The van der Waals surface area contributed by atoms with Crippen molar-refractivity contribution in [1.29, 1.82) is 0 Å². The summed E-state index contributed by atoms with van der Waals surface area (Å²) in [6, 6.07) is 16.1. The fourth-order valence-electron chi connectivity index (χ4n) is 5.28. The zero-order chi connectivity index (χ0) is 25.7. The van der Waals surface area contributed by atoms with Gasteiger partial charge in [0.05, 0.1) is 12.1 Å². The first kappa shape index (κ1) is 23.5. The number of allylic oxidation sites excluding steroid dienone is 1. The van der Waals surface area contributed by atoms with Crippen molar-refractivity contribution in [1.82, 2.24) is 9.80 Å². The van der Waals surface area contributed by atoms with Crippen molar-refractivity contribution in [3.05, 3.63) is 95.1 Å². The molecule has 8 heteroatoms. The molecule has 2 aromatic carbocycles. The number of piperazine rings is 1. The van der Waals surface area contributed by atoms with Crippen molar-refractivity contribution in [2.45, 2.75) is 32.6 Å². The minimum atomic E-state index is -0.537. The topological polar surface area (TPSA) is 65.2 Å². The van der Waals surface area contributed by atoms with Crippen LogP contribution in [0.4, 0.5) is 4.39 Å². The van der Waals surface area contributed by atoms with E-state index in [1.54, 1.807) is 28.1 Å². The van der Waals surface area contributed by atoms with E-state index >= 15 is 0 Å². The van der Waals surface area contributed by atoms with Crippen LogP contribution < -0.4 is 0 Å². The van der Waals surface area contributed by atoms with Crippen LogP contribution in [0.2, 0.25) is 0 Å². The average Bonchev–Trinajstić information content (AvgIpc) is 3.57. The van der Waals surface area contributed by atoms with Gasteiger partial charge in [-0.3, -0.25) is 9.59 Å². The van der Waals surface area contributed by atoms with Crippen molar-refractivity contribution in [2.24, 2.45) is 10.9 Å². The van der Waals surface area contributed by atoms with E-state index in [1.807, 2.05) is 34.9 Å². The normalized spacial score (nSPS) is 22.8. The van der Waals surface area contributed by atoms with Crippen molar-refractivity contribution in [2.75, 3.05) is 19.6 Å². The third kappa shape index (κ3) is 4.21. The maximum absolute atomic E-state index is 13.5. The highest BCUT2D eigenvalue weighted by molar-refractivity contribution is 6.18. The second kappa shape index (κ2) is 9.19. The second-order valence-electron chi connectivity index (χ2n) is 10.0. The van der Waals surface area contributed by atoms with Gasteiger partial charge in [0.15, 0.2) is 12.4 Å². The first-order valence-corrected chi connectivity index (χ1v) is 12.6. The first-order valence-electron chi connectivity index (χ1n) is 12.6. The van der Waals surface area contributed by atoms with Crippen LogP contribution in [0.3, 0.4) is 0 Å². The molecule has 2 atom stereocenters. The molecule has 4 heterocycles. The van der Waals surface area contributed by atoms with Crippen molar-refractivity contribution >= 4 is 23.4 Å². The fourth-order valence-corrected chi connectivity index (χ4v) is 5.28. The van der Waals surface area contributed by atoms with Gasteiger partial charge >= 0.3 is 11.7 Å². The summed E-state index contributed by atoms with van der Waals surface area (Å²) in [4.78, 5) is 34.6. The Bertz CT molecular complexity index is 1390. The molecule has 0 N–H and O–H groups in total. The van der Waals surface area contributed by atoms with Crippen LogP contribution in [0.1, 0.15) is 25.0 Å². The lowest BCUT2D eigenvalue weighted by Gasteiger charge is -2.35. The lowest BCUT2D eigenvalue weighted by Crippen LogP contribution is -2.53. The number of ether oxygens (including phenoxy) is 1. The van der Waals surface area contributed by atoms with E-state index in [4.69, 9.17) is 9.73 Å². The van der Waals surface area contributed by atoms with Gasteiger partial charge in [0.25, 0.3) is 11.6 Å². The maximum Gasteiger partial charge on any atom is 0.332 e. The van der Waals surface area contributed by atoms with Gasteiger partial charge in [-0.15, -0.1) is 0 Å².